The first-order chi connectivity index (χ1) is 18.1. The predicted molar refractivity (Wildman–Crippen MR) is 135 cm³/mol. The van der Waals surface area contributed by atoms with E-state index < -0.39 is 41.1 Å². The standard InChI is InChI=1S/C29H27F3N2O4/c1-18-26(34-27(38-18)20-6-4-3-5-7-20)12-13-37-22-10-8-19(9-11-22)16-29(2,28(35)36)33-17-23-24(31)14-21(30)15-25(23)32/h3-11,14-15,33H,12-13,16-17H2,1-2H3,(H,35,36)/t29-/m0/s1. The van der Waals surface area contributed by atoms with Gasteiger partial charge >= 0.3 is 5.97 Å². The van der Waals surface area contributed by atoms with E-state index in [1.165, 1.54) is 6.92 Å². The Labute approximate surface area is 218 Å². The van der Waals surface area contributed by atoms with Crippen molar-refractivity contribution in [2.75, 3.05) is 6.61 Å². The third-order valence-electron chi connectivity index (χ3n) is 6.24. The second-order valence-corrected chi connectivity index (χ2v) is 9.15. The summed E-state index contributed by atoms with van der Waals surface area (Å²) >= 11 is 0. The summed E-state index contributed by atoms with van der Waals surface area (Å²) in [6.45, 7) is 3.22. The fraction of sp³-hybridized carbons (Fsp3) is 0.241. The lowest BCUT2D eigenvalue weighted by Crippen LogP contribution is -2.51. The van der Waals surface area contributed by atoms with Gasteiger partial charge in [-0.1, -0.05) is 30.3 Å². The molecule has 0 aliphatic carbocycles. The number of carbonyl (C=O) groups is 1. The van der Waals surface area contributed by atoms with Gasteiger partial charge in [0.1, 0.15) is 34.5 Å². The molecule has 1 atom stereocenters. The van der Waals surface area contributed by atoms with E-state index in [-0.39, 0.29) is 6.42 Å². The highest BCUT2D eigenvalue weighted by molar-refractivity contribution is 5.78. The van der Waals surface area contributed by atoms with Gasteiger partial charge in [-0.05, 0) is 43.7 Å². The van der Waals surface area contributed by atoms with Crippen LogP contribution in [0.5, 0.6) is 5.75 Å². The van der Waals surface area contributed by atoms with E-state index in [0.717, 1.165) is 17.0 Å². The van der Waals surface area contributed by atoms with Crippen LogP contribution in [0, 0.1) is 24.4 Å². The van der Waals surface area contributed by atoms with Gasteiger partial charge in [0.25, 0.3) is 0 Å². The molecule has 198 valence electrons. The van der Waals surface area contributed by atoms with E-state index in [9.17, 15) is 23.1 Å². The minimum atomic E-state index is -1.53. The van der Waals surface area contributed by atoms with Crippen LogP contribution < -0.4 is 10.1 Å². The molecule has 6 nitrogen and oxygen atoms in total. The Hall–Kier alpha value is -4.11. The Morgan fingerprint density at radius 2 is 1.71 bits per heavy atom. The normalized spacial score (nSPS) is 12.8. The number of benzene rings is 3. The summed E-state index contributed by atoms with van der Waals surface area (Å²) in [6, 6.07) is 17.6. The van der Waals surface area contributed by atoms with E-state index in [4.69, 9.17) is 9.15 Å². The van der Waals surface area contributed by atoms with Crippen molar-refractivity contribution in [2.24, 2.45) is 0 Å². The van der Waals surface area contributed by atoms with Gasteiger partial charge in [-0.25, -0.2) is 18.2 Å². The molecule has 0 radical (unpaired) electrons. The topological polar surface area (TPSA) is 84.6 Å². The number of hydrogen-bond donors (Lipinski definition) is 2. The Balaban J connectivity index is 1.34. The SMILES string of the molecule is Cc1oc(-c2ccccc2)nc1CCOc1ccc(C[C@](C)(NCc2c(F)cc(F)cc2F)C(=O)O)cc1. The van der Waals surface area contributed by atoms with Gasteiger partial charge in [0.15, 0.2) is 0 Å². The molecule has 1 heterocycles. The van der Waals surface area contributed by atoms with Gasteiger partial charge in [0, 0.05) is 42.6 Å². The van der Waals surface area contributed by atoms with Gasteiger partial charge in [-0.2, -0.15) is 0 Å². The highest BCUT2D eigenvalue weighted by atomic mass is 19.1. The Kier molecular flexibility index (Phi) is 8.16. The zero-order valence-electron chi connectivity index (χ0n) is 20.9. The second-order valence-electron chi connectivity index (χ2n) is 9.15. The summed E-state index contributed by atoms with van der Waals surface area (Å²) in [5, 5.41) is 12.5. The smallest absolute Gasteiger partial charge is 0.323 e. The fourth-order valence-electron chi connectivity index (χ4n) is 3.98. The minimum absolute atomic E-state index is 0.0352. The van der Waals surface area contributed by atoms with Crippen molar-refractivity contribution in [3.05, 3.63) is 107 Å². The molecule has 0 aliphatic rings. The summed E-state index contributed by atoms with van der Waals surface area (Å²) in [5.74, 6) is -2.52. The summed E-state index contributed by atoms with van der Waals surface area (Å²) in [5.41, 5.74) is 0.416. The lowest BCUT2D eigenvalue weighted by molar-refractivity contribution is -0.144. The second kappa shape index (κ2) is 11.5. The third kappa shape index (κ3) is 6.41. The zero-order valence-corrected chi connectivity index (χ0v) is 20.9. The fourth-order valence-corrected chi connectivity index (χ4v) is 3.98. The molecule has 0 fully saturated rings. The molecule has 0 amide bonds. The average Bonchev–Trinajstić information content (AvgIpc) is 3.25. The predicted octanol–water partition coefficient (Wildman–Crippen LogP) is 5.86. The van der Waals surface area contributed by atoms with Crippen molar-refractivity contribution in [1.29, 1.82) is 0 Å². The molecule has 4 aromatic rings. The lowest BCUT2D eigenvalue weighted by Gasteiger charge is -2.27. The van der Waals surface area contributed by atoms with E-state index in [1.807, 2.05) is 37.3 Å². The molecule has 0 saturated heterocycles. The molecule has 38 heavy (non-hydrogen) atoms. The molecule has 9 heteroatoms. The summed E-state index contributed by atoms with van der Waals surface area (Å²) in [7, 11) is 0. The minimum Gasteiger partial charge on any atom is -0.493 e. The maximum atomic E-state index is 14.0. The molecule has 2 N–H and O–H groups in total. The van der Waals surface area contributed by atoms with Crippen LogP contribution in [-0.4, -0.2) is 28.2 Å². The number of hydrogen-bond acceptors (Lipinski definition) is 5. The highest BCUT2D eigenvalue weighted by Gasteiger charge is 2.33. The molecule has 4 rings (SSSR count). The Bertz CT molecular complexity index is 1380. The molecule has 0 spiro atoms. The number of aliphatic carboxylic acids is 1. The van der Waals surface area contributed by atoms with Crippen LogP contribution in [0.25, 0.3) is 11.5 Å². The van der Waals surface area contributed by atoms with Gasteiger partial charge in [0.2, 0.25) is 5.89 Å². The largest absolute Gasteiger partial charge is 0.493 e. The highest BCUT2D eigenvalue weighted by Crippen LogP contribution is 2.23. The summed E-state index contributed by atoms with van der Waals surface area (Å²) in [4.78, 5) is 16.5. The van der Waals surface area contributed by atoms with E-state index in [0.29, 0.717) is 42.4 Å². The van der Waals surface area contributed by atoms with Crippen molar-refractivity contribution in [1.82, 2.24) is 10.3 Å². The van der Waals surface area contributed by atoms with Crippen molar-refractivity contribution in [3.63, 3.8) is 0 Å². The van der Waals surface area contributed by atoms with Crippen molar-refractivity contribution < 1.29 is 32.2 Å². The number of rotatable bonds is 11. The number of nitrogens with one attached hydrogen (secondary N) is 1. The van der Waals surface area contributed by atoms with Crippen molar-refractivity contribution >= 4 is 5.97 Å². The molecule has 0 aliphatic heterocycles. The molecule has 0 saturated carbocycles. The number of ether oxygens (including phenoxy) is 1. The van der Waals surface area contributed by atoms with Gasteiger partial charge < -0.3 is 14.3 Å². The molecule has 1 aromatic heterocycles. The van der Waals surface area contributed by atoms with E-state index in [2.05, 4.69) is 10.3 Å². The van der Waals surface area contributed by atoms with Crippen LogP contribution in [0.2, 0.25) is 0 Å². The number of carboxylic acid groups (broad SMARTS) is 1. The summed E-state index contributed by atoms with van der Waals surface area (Å²) in [6.07, 6.45) is 0.578. The zero-order chi connectivity index (χ0) is 27.3. The average molecular weight is 525 g/mol. The summed E-state index contributed by atoms with van der Waals surface area (Å²) < 4.78 is 52.7. The molecule has 0 bridgehead atoms. The Morgan fingerprint density at radius 1 is 1.05 bits per heavy atom. The van der Waals surface area contributed by atoms with Crippen LogP contribution >= 0.6 is 0 Å². The number of oxazole rings is 1. The molecular weight excluding hydrogens is 497 g/mol. The van der Waals surface area contributed by atoms with Crippen LogP contribution in [0.15, 0.2) is 71.1 Å². The Morgan fingerprint density at radius 3 is 2.34 bits per heavy atom. The number of halogens is 3. The quantitative estimate of drug-likeness (QED) is 0.256. The van der Waals surface area contributed by atoms with E-state index >= 15 is 0 Å². The maximum absolute atomic E-state index is 14.0. The molecule has 0 unspecified atom stereocenters. The first-order valence-corrected chi connectivity index (χ1v) is 12.0. The first-order valence-electron chi connectivity index (χ1n) is 12.0. The van der Waals surface area contributed by atoms with Crippen LogP contribution in [0.3, 0.4) is 0 Å². The number of aromatic nitrogens is 1. The lowest BCUT2D eigenvalue weighted by atomic mass is 9.92. The van der Waals surface area contributed by atoms with E-state index in [1.54, 1.807) is 24.3 Å². The van der Waals surface area contributed by atoms with Crippen LogP contribution in [0.4, 0.5) is 13.2 Å². The van der Waals surface area contributed by atoms with Gasteiger partial charge in [0.05, 0.1) is 12.3 Å². The first kappa shape index (κ1) is 26.9. The van der Waals surface area contributed by atoms with Crippen molar-refractivity contribution in [2.45, 2.75) is 38.8 Å². The number of carboxylic acids is 1. The number of aryl methyl sites for hydroxylation is 1. The molecular formula is C29H27F3N2O4. The monoisotopic (exact) mass is 524 g/mol. The third-order valence-corrected chi connectivity index (χ3v) is 6.24. The van der Waals surface area contributed by atoms with Gasteiger partial charge in [-0.3, -0.25) is 10.1 Å². The van der Waals surface area contributed by atoms with Crippen molar-refractivity contribution in [3.8, 4) is 17.2 Å². The number of nitrogens with zero attached hydrogens (tertiary/aromatic N) is 1. The van der Waals surface area contributed by atoms with Crippen LogP contribution in [-0.2, 0) is 24.2 Å². The molecule has 3 aromatic carbocycles. The van der Waals surface area contributed by atoms with Gasteiger partial charge in [-0.15, -0.1) is 0 Å². The maximum Gasteiger partial charge on any atom is 0.323 e. The van der Waals surface area contributed by atoms with Crippen LogP contribution in [0.1, 0.15) is 29.5 Å².